The molecule has 0 saturated heterocycles. The molecule has 2 atom stereocenters. The predicted octanol–water partition coefficient (Wildman–Crippen LogP) is 6.56. The van der Waals surface area contributed by atoms with Crippen molar-refractivity contribution < 1.29 is 0 Å². The van der Waals surface area contributed by atoms with Gasteiger partial charge in [0.1, 0.15) is 6.17 Å². The molecule has 5 rings (SSSR count). The van der Waals surface area contributed by atoms with E-state index in [1.54, 1.807) is 0 Å². The van der Waals surface area contributed by atoms with Crippen molar-refractivity contribution in [3.63, 3.8) is 0 Å². The van der Waals surface area contributed by atoms with Crippen LogP contribution in [0.25, 0.3) is 0 Å². The van der Waals surface area contributed by atoms with Gasteiger partial charge in [-0.2, -0.15) is 0 Å². The highest BCUT2D eigenvalue weighted by molar-refractivity contribution is 9.10. The topological polar surface area (TPSA) is 18.5 Å². The molecule has 0 radical (unpaired) electrons. The first-order valence-corrected chi connectivity index (χ1v) is 11.6. The summed E-state index contributed by atoms with van der Waals surface area (Å²) >= 11 is 3.72. The minimum atomic E-state index is 0.308. The zero-order valence-electron chi connectivity index (χ0n) is 16.9. The Balaban J connectivity index is 1.65. The molecule has 0 spiro atoms. The summed E-state index contributed by atoms with van der Waals surface area (Å²) in [6.07, 6.45) is 7.08. The van der Waals surface area contributed by atoms with Gasteiger partial charge in [0, 0.05) is 28.3 Å². The maximum absolute atomic E-state index is 3.91. The van der Waals surface area contributed by atoms with Crippen LogP contribution in [0.4, 0.5) is 17.1 Å². The molecule has 2 unspecified atom stereocenters. The molecule has 0 aromatic heterocycles. The van der Waals surface area contributed by atoms with Crippen molar-refractivity contribution in [1.29, 1.82) is 0 Å². The molecular weight excluding hydrogens is 410 g/mol. The summed E-state index contributed by atoms with van der Waals surface area (Å²) < 4.78 is 1.17. The van der Waals surface area contributed by atoms with Crippen molar-refractivity contribution in [3.05, 3.63) is 52.5 Å². The van der Waals surface area contributed by atoms with E-state index in [4.69, 9.17) is 0 Å². The van der Waals surface area contributed by atoms with E-state index in [1.165, 1.54) is 59.2 Å². The van der Waals surface area contributed by atoms with Gasteiger partial charge >= 0.3 is 0 Å². The second-order valence-corrected chi connectivity index (χ2v) is 9.92. The quantitative estimate of drug-likeness (QED) is 0.583. The third-order valence-electron chi connectivity index (χ3n) is 6.56. The summed E-state index contributed by atoms with van der Waals surface area (Å²) in [7, 11) is 0. The number of nitrogens with one attached hydrogen (secondary N) is 1. The summed E-state index contributed by atoms with van der Waals surface area (Å²) in [4.78, 5) is 5.46. The van der Waals surface area contributed by atoms with Gasteiger partial charge in [0.25, 0.3) is 0 Å². The van der Waals surface area contributed by atoms with E-state index in [2.05, 4.69) is 87.4 Å². The number of nitrogens with zero attached hydrogens (tertiary/aromatic N) is 2. The molecule has 0 bridgehead atoms. The first-order valence-electron chi connectivity index (χ1n) is 10.8. The van der Waals surface area contributed by atoms with Gasteiger partial charge in [-0.25, -0.2) is 0 Å². The largest absolute Gasteiger partial charge is 0.373 e. The summed E-state index contributed by atoms with van der Waals surface area (Å²) in [6, 6.07) is 16.7. The third-order valence-corrected chi connectivity index (χ3v) is 7.05. The Bertz CT molecular complexity index is 859. The molecule has 4 heteroatoms. The average molecular weight is 440 g/mol. The minimum absolute atomic E-state index is 0.308. The van der Waals surface area contributed by atoms with E-state index in [1.807, 2.05) is 0 Å². The normalized spacial score (nSPS) is 24.0. The van der Waals surface area contributed by atoms with Gasteiger partial charge in [-0.3, -0.25) is 0 Å². The van der Waals surface area contributed by atoms with Gasteiger partial charge < -0.3 is 15.1 Å². The number of anilines is 3. The molecule has 148 valence electrons. The lowest BCUT2D eigenvalue weighted by Gasteiger charge is -2.50. The van der Waals surface area contributed by atoms with Crippen LogP contribution >= 0.6 is 15.9 Å². The molecule has 1 aliphatic carbocycles. The fourth-order valence-corrected chi connectivity index (χ4v) is 5.86. The number of benzene rings is 2. The predicted molar refractivity (Wildman–Crippen MR) is 122 cm³/mol. The van der Waals surface area contributed by atoms with E-state index < -0.39 is 0 Å². The van der Waals surface area contributed by atoms with E-state index in [9.17, 15) is 0 Å². The fraction of sp³-hybridized carbons (Fsp3) is 0.500. The number of fused-ring (bicyclic) bond motifs is 4. The van der Waals surface area contributed by atoms with Crippen LogP contribution in [-0.2, 0) is 0 Å². The Morgan fingerprint density at radius 3 is 2.61 bits per heavy atom. The lowest BCUT2D eigenvalue weighted by Crippen LogP contribution is -2.57. The van der Waals surface area contributed by atoms with Crippen LogP contribution in [-0.4, -0.2) is 18.8 Å². The van der Waals surface area contributed by atoms with Crippen LogP contribution in [0.2, 0.25) is 0 Å². The van der Waals surface area contributed by atoms with E-state index in [0.29, 0.717) is 24.2 Å². The Kier molecular flexibility index (Phi) is 4.78. The molecule has 1 saturated carbocycles. The average Bonchev–Trinajstić information content (AvgIpc) is 2.99. The van der Waals surface area contributed by atoms with Crippen molar-refractivity contribution in [1.82, 2.24) is 0 Å². The molecule has 0 amide bonds. The van der Waals surface area contributed by atoms with Crippen LogP contribution in [0, 0.1) is 5.92 Å². The molecule has 2 aliphatic heterocycles. The van der Waals surface area contributed by atoms with E-state index in [0.717, 1.165) is 6.54 Å². The lowest BCUT2D eigenvalue weighted by molar-refractivity contribution is 0.362. The number of para-hydroxylation sites is 2. The zero-order valence-corrected chi connectivity index (χ0v) is 18.5. The van der Waals surface area contributed by atoms with Crippen LogP contribution in [0.15, 0.2) is 46.9 Å². The van der Waals surface area contributed by atoms with Gasteiger partial charge in [0.05, 0.1) is 17.4 Å². The lowest BCUT2D eigenvalue weighted by atomic mass is 9.91. The number of halogens is 1. The van der Waals surface area contributed by atoms with Gasteiger partial charge in [-0.15, -0.1) is 0 Å². The highest BCUT2D eigenvalue weighted by Crippen LogP contribution is 2.51. The molecular formula is C24H30BrN3. The molecule has 2 aromatic carbocycles. The SMILES string of the molecule is CC(C)CN1c2ccc(Br)cc2C2Nc3ccccc3N(C3CCCCC3)C21. The third kappa shape index (κ3) is 3.01. The first-order chi connectivity index (χ1) is 13.6. The number of hydrogen-bond acceptors (Lipinski definition) is 3. The summed E-state index contributed by atoms with van der Waals surface area (Å²) in [6.45, 7) is 5.75. The minimum Gasteiger partial charge on any atom is -0.373 e. The zero-order chi connectivity index (χ0) is 19.3. The summed E-state index contributed by atoms with van der Waals surface area (Å²) in [5.41, 5.74) is 5.49. The molecule has 28 heavy (non-hydrogen) atoms. The van der Waals surface area contributed by atoms with Crippen molar-refractivity contribution >= 4 is 33.0 Å². The van der Waals surface area contributed by atoms with Gasteiger partial charge in [-0.1, -0.05) is 61.2 Å². The second kappa shape index (κ2) is 7.29. The molecule has 2 heterocycles. The Morgan fingerprint density at radius 1 is 1.04 bits per heavy atom. The maximum atomic E-state index is 3.91. The van der Waals surface area contributed by atoms with E-state index >= 15 is 0 Å². The second-order valence-electron chi connectivity index (χ2n) is 9.00. The molecule has 2 aromatic rings. The van der Waals surface area contributed by atoms with Gasteiger partial charge in [0.15, 0.2) is 0 Å². The molecule has 3 nitrogen and oxygen atoms in total. The van der Waals surface area contributed by atoms with Crippen molar-refractivity contribution in [2.45, 2.75) is 64.2 Å². The maximum Gasteiger partial charge on any atom is 0.127 e. The molecule has 3 aliphatic rings. The van der Waals surface area contributed by atoms with Gasteiger partial charge in [0.2, 0.25) is 0 Å². The molecule has 1 N–H and O–H groups in total. The van der Waals surface area contributed by atoms with Crippen LogP contribution < -0.4 is 15.1 Å². The number of hydrogen-bond donors (Lipinski definition) is 1. The Morgan fingerprint density at radius 2 is 1.82 bits per heavy atom. The number of rotatable bonds is 3. The van der Waals surface area contributed by atoms with Gasteiger partial charge in [-0.05, 0) is 49.1 Å². The van der Waals surface area contributed by atoms with E-state index in [-0.39, 0.29) is 0 Å². The van der Waals surface area contributed by atoms with Crippen molar-refractivity contribution in [2.24, 2.45) is 5.92 Å². The van der Waals surface area contributed by atoms with Crippen LogP contribution in [0.3, 0.4) is 0 Å². The highest BCUT2D eigenvalue weighted by Gasteiger charge is 2.47. The standard InChI is InChI=1S/C24H30BrN3/c1-16(2)15-27-21-13-12-17(25)14-19(21)23-24(27)28(18-8-4-3-5-9-18)22-11-7-6-10-20(22)26-23/h6-7,10-14,16,18,23-24,26H,3-5,8-9,15H2,1-2H3. The molecule has 1 fully saturated rings. The summed E-state index contributed by atoms with van der Waals surface area (Å²) in [5.74, 6) is 0.626. The summed E-state index contributed by atoms with van der Waals surface area (Å²) in [5, 5.41) is 3.91. The first kappa shape index (κ1) is 18.4. The smallest absolute Gasteiger partial charge is 0.127 e. The fourth-order valence-electron chi connectivity index (χ4n) is 5.48. The monoisotopic (exact) mass is 439 g/mol. The van der Waals surface area contributed by atoms with Crippen molar-refractivity contribution in [2.75, 3.05) is 21.7 Å². The Hall–Kier alpha value is -1.68. The Labute approximate surface area is 177 Å². The van der Waals surface area contributed by atoms with Crippen molar-refractivity contribution in [3.8, 4) is 0 Å². The van der Waals surface area contributed by atoms with Crippen LogP contribution in [0.1, 0.15) is 57.6 Å². The van der Waals surface area contributed by atoms with Crippen LogP contribution in [0.5, 0.6) is 0 Å². The highest BCUT2D eigenvalue weighted by atomic mass is 79.9.